The zero-order valence-corrected chi connectivity index (χ0v) is 17.2. The lowest BCUT2D eigenvalue weighted by Gasteiger charge is -2.27. The van der Waals surface area contributed by atoms with Crippen molar-refractivity contribution in [2.24, 2.45) is 0 Å². The third-order valence-electron chi connectivity index (χ3n) is 5.24. The van der Waals surface area contributed by atoms with Gasteiger partial charge in [-0.15, -0.1) is 10.2 Å². The van der Waals surface area contributed by atoms with Gasteiger partial charge in [-0.2, -0.15) is 0 Å². The first-order valence-corrected chi connectivity index (χ1v) is 10.4. The molecule has 1 aromatic heterocycles. The van der Waals surface area contributed by atoms with E-state index in [9.17, 15) is 9.59 Å². The number of nitrogens with one attached hydrogen (secondary N) is 1. The molecule has 1 atom stereocenters. The van der Waals surface area contributed by atoms with Crippen molar-refractivity contribution in [3.05, 3.63) is 59.4 Å². The highest BCUT2D eigenvalue weighted by Gasteiger charge is 2.37. The molecule has 0 spiro atoms. The van der Waals surface area contributed by atoms with E-state index in [0.29, 0.717) is 28.2 Å². The third-order valence-corrected chi connectivity index (χ3v) is 5.49. The number of carbonyl (C=O) groups excluding carboxylic acids is 2. The average molecular weight is 439 g/mol. The zero-order valence-electron chi connectivity index (χ0n) is 16.5. The van der Waals surface area contributed by atoms with Gasteiger partial charge in [0, 0.05) is 16.6 Å². The molecule has 0 radical (unpaired) electrons. The first-order valence-electron chi connectivity index (χ1n) is 10.0. The van der Waals surface area contributed by atoms with Gasteiger partial charge in [0.2, 0.25) is 17.7 Å². The SMILES string of the molecule is O=C1Nc2ccccc2OC1CC(=O)N(Cc1nnc(-c2ccc(Cl)cc2)o1)C1CC1. The number of ether oxygens (including phenoxy) is 1. The van der Waals surface area contributed by atoms with E-state index in [1.807, 2.05) is 12.1 Å². The number of nitrogens with zero attached hydrogens (tertiary/aromatic N) is 3. The smallest absolute Gasteiger partial charge is 0.266 e. The molecule has 0 bridgehead atoms. The van der Waals surface area contributed by atoms with Gasteiger partial charge in [-0.3, -0.25) is 9.59 Å². The van der Waals surface area contributed by atoms with Crippen molar-refractivity contribution in [1.29, 1.82) is 0 Å². The molecule has 9 heteroatoms. The largest absolute Gasteiger partial charge is 0.478 e. The molecule has 2 heterocycles. The van der Waals surface area contributed by atoms with Crippen molar-refractivity contribution in [2.75, 3.05) is 5.32 Å². The number of halogens is 1. The predicted molar refractivity (Wildman–Crippen MR) is 112 cm³/mol. The summed E-state index contributed by atoms with van der Waals surface area (Å²) in [5, 5.41) is 11.6. The van der Waals surface area contributed by atoms with E-state index < -0.39 is 6.10 Å². The minimum atomic E-state index is -0.879. The Morgan fingerprint density at radius 1 is 1.13 bits per heavy atom. The van der Waals surface area contributed by atoms with E-state index in [1.165, 1.54) is 0 Å². The molecule has 2 aromatic carbocycles. The van der Waals surface area contributed by atoms with Gasteiger partial charge in [0.1, 0.15) is 5.75 Å². The maximum Gasteiger partial charge on any atom is 0.266 e. The summed E-state index contributed by atoms with van der Waals surface area (Å²) in [6, 6.07) is 14.3. The number of para-hydroxylation sites is 2. The summed E-state index contributed by atoms with van der Waals surface area (Å²) in [5.41, 5.74) is 1.36. The van der Waals surface area contributed by atoms with Crippen LogP contribution in [0.25, 0.3) is 11.5 Å². The van der Waals surface area contributed by atoms with Crippen molar-refractivity contribution >= 4 is 29.1 Å². The number of carbonyl (C=O) groups is 2. The topological polar surface area (TPSA) is 97.6 Å². The summed E-state index contributed by atoms with van der Waals surface area (Å²) in [7, 11) is 0. The fourth-order valence-electron chi connectivity index (χ4n) is 3.48. The van der Waals surface area contributed by atoms with Gasteiger partial charge in [0.15, 0.2) is 6.10 Å². The molecule has 2 amide bonds. The predicted octanol–water partition coefficient (Wildman–Crippen LogP) is 3.67. The van der Waals surface area contributed by atoms with Crippen LogP contribution in [0.4, 0.5) is 5.69 Å². The number of amides is 2. The van der Waals surface area contributed by atoms with Crippen molar-refractivity contribution in [1.82, 2.24) is 15.1 Å². The molecule has 8 nitrogen and oxygen atoms in total. The highest BCUT2D eigenvalue weighted by atomic mass is 35.5. The lowest BCUT2D eigenvalue weighted by atomic mass is 10.1. The van der Waals surface area contributed by atoms with Gasteiger partial charge >= 0.3 is 0 Å². The van der Waals surface area contributed by atoms with Crippen LogP contribution in [-0.4, -0.2) is 39.1 Å². The average Bonchev–Trinajstić information content (AvgIpc) is 3.50. The van der Waals surface area contributed by atoms with E-state index in [-0.39, 0.29) is 30.8 Å². The van der Waals surface area contributed by atoms with Crippen LogP contribution in [0.3, 0.4) is 0 Å². The molecule has 1 N–H and O–H groups in total. The van der Waals surface area contributed by atoms with Gasteiger partial charge < -0.3 is 19.4 Å². The van der Waals surface area contributed by atoms with Crippen LogP contribution >= 0.6 is 11.6 Å². The minimum Gasteiger partial charge on any atom is -0.478 e. The quantitative estimate of drug-likeness (QED) is 0.630. The molecule has 1 aliphatic carbocycles. The monoisotopic (exact) mass is 438 g/mol. The van der Waals surface area contributed by atoms with E-state index in [4.69, 9.17) is 20.8 Å². The molecule has 31 heavy (non-hydrogen) atoms. The van der Waals surface area contributed by atoms with Crippen LogP contribution < -0.4 is 10.1 Å². The van der Waals surface area contributed by atoms with Gasteiger partial charge in [0.05, 0.1) is 18.7 Å². The molecule has 5 rings (SSSR count). The Morgan fingerprint density at radius 2 is 1.90 bits per heavy atom. The second-order valence-electron chi connectivity index (χ2n) is 7.56. The Kier molecular flexibility index (Phi) is 5.07. The van der Waals surface area contributed by atoms with Gasteiger partial charge in [-0.25, -0.2) is 0 Å². The fourth-order valence-corrected chi connectivity index (χ4v) is 3.61. The molecule has 158 valence electrons. The fraction of sp³-hybridized carbons (Fsp3) is 0.273. The number of hydrogen-bond acceptors (Lipinski definition) is 6. The number of benzene rings is 2. The van der Waals surface area contributed by atoms with E-state index in [2.05, 4.69) is 15.5 Å². The molecule has 2 aliphatic rings. The lowest BCUT2D eigenvalue weighted by Crippen LogP contribution is -2.42. The minimum absolute atomic E-state index is 0.0607. The summed E-state index contributed by atoms with van der Waals surface area (Å²) in [6.45, 7) is 0.189. The Labute approximate surface area is 183 Å². The van der Waals surface area contributed by atoms with Crippen LogP contribution in [0.1, 0.15) is 25.2 Å². The van der Waals surface area contributed by atoms with Crippen LogP contribution in [0.2, 0.25) is 5.02 Å². The highest BCUT2D eigenvalue weighted by Crippen LogP contribution is 2.32. The van der Waals surface area contributed by atoms with Crippen LogP contribution in [0, 0.1) is 0 Å². The van der Waals surface area contributed by atoms with Crippen molar-refractivity contribution < 1.29 is 18.7 Å². The maximum absolute atomic E-state index is 13.0. The summed E-state index contributed by atoms with van der Waals surface area (Å²) in [4.78, 5) is 27.1. The van der Waals surface area contributed by atoms with E-state index >= 15 is 0 Å². The second kappa shape index (κ2) is 8.03. The first-order chi connectivity index (χ1) is 15.1. The number of rotatable bonds is 6. The summed E-state index contributed by atoms with van der Waals surface area (Å²) in [6.07, 6.45) is 0.875. The standard InChI is InChI=1S/C22H19ClN4O4/c23-14-7-5-13(6-8-14)22-26-25-19(31-22)12-27(15-9-10-15)20(28)11-18-21(29)24-16-3-1-2-4-17(16)30-18/h1-8,15,18H,9-12H2,(H,24,29). The Bertz CT molecular complexity index is 1130. The lowest BCUT2D eigenvalue weighted by molar-refractivity contribution is -0.138. The molecule has 1 unspecified atom stereocenters. The molecule has 1 saturated carbocycles. The summed E-state index contributed by atoms with van der Waals surface area (Å²) in [5.74, 6) is 0.743. The zero-order chi connectivity index (χ0) is 21.4. The first kappa shape index (κ1) is 19.6. The second-order valence-corrected chi connectivity index (χ2v) is 7.99. The summed E-state index contributed by atoms with van der Waals surface area (Å²) >= 11 is 5.92. The van der Waals surface area contributed by atoms with E-state index in [1.54, 1.807) is 41.3 Å². The van der Waals surface area contributed by atoms with Gasteiger partial charge in [0.25, 0.3) is 5.91 Å². The summed E-state index contributed by atoms with van der Waals surface area (Å²) < 4.78 is 11.5. The van der Waals surface area contributed by atoms with Crippen LogP contribution in [0.15, 0.2) is 52.9 Å². The van der Waals surface area contributed by atoms with Crippen molar-refractivity contribution in [2.45, 2.75) is 38.0 Å². The molecule has 0 saturated heterocycles. The maximum atomic E-state index is 13.0. The number of hydrogen-bond donors (Lipinski definition) is 1. The number of aromatic nitrogens is 2. The Balaban J connectivity index is 1.28. The molecular formula is C22H19ClN4O4. The molecule has 3 aromatic rings. The Hall–Kier alpha value is -3.39. The third kappa shape index (κ3) is 4.25. The normalized spacial score (nSPS) is 17.5. The van der Waals surface area contributed by atoms with Crippen molar-refractivity contribution in [3.8, 4) is 17.2 Å². The van der Waals surface area contributed by atoms with E-state index in [0.717, 1.165) is 18.4 Å². The van der Waals surface area contributed by atoms with Crippen molar-refractivity contribution in [3.63, 3.8) is 0 Å². The number of fused-ring (bicyclic) bond motifs is 1. The van der Waals surface area contributed by atoms with Gasteiger partial charge in [-0.1, -0.05) is 23.7 Å². The van der Waals surface area contributed by atoms with Crippen LogP contribution in [-0.2, 0) is 16.1 Å². The molecular weight excluding hydrogens is 420 g/mol. The van der Waals surface area contributed by atoms with Gasteiger partial charge in [-0.05, 0) is 49.2 Å². The molecule has 1 aliphatic heterocycles. The Morgan fingerprint density at radius 3 is 2.68 bits per heavy atom. The number of anilines is 1. The molecule has 1 fully saturated rings. The highest BCUT2D eigenvalue weighted by molar-refractivity contribution is 6.30. The van der Waals surface area contributed by atoms with Crippen LogP contribution in [0.5, 0.6) is 5.75 Å².